The van der Waals surface area contributed by atoms with Crippen molar-refractivity contribution in [3.8, 4) is 17.2 Å². The first-order valence-corrected chi connectivity index (χ1v) is 11.7. The van der Waals surface area contributed by atoms with Gasteiger partial charge in [0.25, 0.3) is 0 Å². The van der Waals surface area contributed by atoms with Gasteiger partial charge in [-0.2, -0.15) is 0 Å². The van der Waals surface area contributed by atoms with Crippen molar-refractivity contribution >= 4 is 11.8 Å². The normalized spacial score (nSPS) is 13.8. The van der Waals surface area contributed by atoms with E-state index in [1.807, 2.05) is 30.3 Å². The monoisotopic (exact) mass is 477 g/mol. The number of hydrogen-bond donors (Lipinski definition) is 1. The van der Waals surface area contributed by atoms with Crippen LogP contribution in [0.5, 0.6) is 17.2 Å². The molecule has 1 saturated heterocycles. The number of nitrogens with zero attached hydrogens (tertiary/aromatic N) is 2. The number of rotatable bonds is 9. The van der Waals surface area contributed by atoms with E-state index in [1.54, 1.807) is 29.3 Å². The Morgan fingerprint density at radius 3 is 2.51 bits per heavy atom. The van der Waals surface area contributed by atoms with Crippen molar-refractivity contribution in [1.82, 2.24) is 15.2 Å². The van der Waals surface area contributed by atoms with Crippen LogP contribution in [0.1, 0.15) is 24.8 Å². The quantitative estimate of drug-likeness (QED) is 0.496. The zero-order valence-electron chi connectivity index (χ0n) is 19.4. The SMILES string of the molecule is O=C(NCc1ccc(Oc2cccnc2)c(F)c1)C1CCN(C(=O)CCOc2ccccc2)CC1. The van der Waals surface area contributed by atoms with E-state index in [4.69, 9.17) is 9.47 Å². The lowest BCUT2D eigenvalue weighted by Gasteiger charge is -2.31. The molecule has 3 aromatic rings. The van der Waals surface area contributed by atoms with Crippen molar-refractivity contribution < 1.29 is 23.5 Å². The van der Waals surface area contributed by atoms with Crippen LogP contribution < -0.4 is 14.8 Å². The second-order valence-electron chi connectivity index (χ2n) is 8.34. The van der Waals surface area contributed by atoms with E-state index >= 15 is 0 Å². The molecule has 182 valence electrons. The van der Waals surface area contributed by atoms with Crippen LogP contribution in [0.4, 0.5) is 4.39 Å². The minimum Gasteiger partial charge on any atom is -0.493 e. The molecule has 1 aliphatic heterocycles. The number of carbonyl (C=O) groups excluding carboxylic acids is 2. The predicted molar refractivity (Wildman–Crippen MR) is 128 cm³/mol. The number of carbonyl (C=O) groups is 2. The Balaban J connectivity index is 1.18. The number of benzene rings is 2. The van der Waals surface area contributed by atoms with Gasteiger partial charge in [0.15, 0.2) is 11.6 Å². The van der Waals surface area contributed by atoms with Crippen LogP contribution >= 0.6 is 0 Å². The second kappa shape index (κ2) is 12.0. The Hall–Kier alpha value is -3.94. The molecule has 0 atom stereocenters. The summed E-state index contributed by atoms with van der Waals surface area (Å²) in [5.74, 6) is 0.553. The van der Waals surface area contributed by atoms with Crippen LogP contribution in [0, 0.1) is 11.7 Å². The summed E-state index contributed by atoms with van der Waals surface area (Å²) in [6.07, 6.45) is 4.62. The van der Waals surface area contributed by atoms with Gasteiger partial charge in [-0.05, 0) is 54.8 Å². The molecule has 8 heteroatoms. The number of likely N-dealkylation sites (tertiary alicyclic amines) is 1. The maximum atomic E-state index is 14.4. The summed E-state index contributed by atoms with van der Waals surface area (Å²) in [5.41, 5.74) is 0.639. The Morgan fingerprint density at radius 1 is 1.03 bits per heavy atom. The number of nitrogens with one attached hydrogen (secondary N) is 1. The number of ether oxygens (including phenoxy) is 2. The minimum atomic E-state index is -0.510. The summed E-state index contributed by atoms with van der Waals surface area (Å²) >= 11 is 0. The van der Waals surface area contributed by atoms with E-state index in [0.29, 0.717) is 50.3 Å². The number of piperidine rings is 1. The van der Waals surface area contributed by atoms with Gasteiger partial charge in [-0.15, -0.1) is 0 Å². The van der Waals surface area contributed by atoms with E-state index in [1.165, 1.54) is 18.3 Å². The van der Waals surface area contributed by atoms with Crippen LogP contribution in [0.2, 0.25) is 0 Å². The van der Waals surface area contributed by atoms with Crippen molar-refractivity contribution in [3.05, 3.63) is 84.4 Å². The van der Waals surface area contributed by atoms with Crippen molar-refractivity contribution in [2.24, 2.45) is 5.92 Å². The molecule has 0 saturated carbocycles. The number of para-hydroxylation sites is 1. The van der Waals surface area contributed by atoms with Gasteiger partial charge in [-0.3, -0.25) is 14.6 Å². The topological polar surface area (TPSA) is 80.8 Å². The number of aromatic nitrogens is 1. The summed E-state index contributed by atoms with van der Waals surface area (Å²) < 4.78 is 25.5. The molecule has 2 heterocycles. The molecule has 0 unspecified atom stereocenters. The number of hydrogen-bond acceptors (Lipinski definition) is 5. The summed E-state index contributed by atoms with van der Waals surface area (Å²) in [4.78, 5) is 30.8. The third-order valence-corrected chi connectivity index (χ3v) is 5.87. The van der Waals surface area contributed by atoms with Crippen molar-refractivity contribution in [2.75, 3.05) is 19.7 Å². The maximum Gasteiger partial charge on any atom is 0.225 e. The van der Waals surface area contributed by atoms with Crippen LogP contribution in [0.3, 0.4) is 0 Å². The average Bonchev–Trinajstić information content (AvgIpc) is 2.90. The third-order valence-electron chi connectivity index (χ3n) is 5.87. The molecule has 0 radical (unpaired) electrons. The molecule has 1 fully saturated rings. The highest BCUT2D eigenvalue weighted by molar-refractivity contribution is 5.80. The Morgan fingerprint density at radius 2 is 1.80 bits per heavy atom. The zero-order valence-corrected chi connectivity index (χ0v) is 19.4. The van der Waals surface area contributed by atoms with Gasteiger partial charge >= 0.3 is 0 Å². The van der Waals surface area contributed by atoms with E-state index in [0.717, 1.165) is 5.75 Å². The molecular formula is C27H28FN3O4. The molecule has 1 aliphatic rings. The molecule has 2 aromatic carbocycles. The van der Waals surface area contributed by atoms with Crippen molar-refractivity contribution in [1.29, 1.82) is 0 Å². The number of halogens is 1. The van der Waals surface area contributed by atoms with Gasteiger partial charge in [0.2, 0.25) is 11.8 Å². The molecule has 4 rings (SSSR count). The van der Waals surface area contributed by atoms with Gasteiger partial charge in [-0.25, -0.2) is 4.39 Å². The fourth-order valence-electron chi connectivity index (χ4n) is 3.93. The molecule has 1 N–H and O–H groups in total. The highest BCUT2D eigenvalue weighted by atomic mass is 19.1. The average molecular weight is 478 g/mol. The van der Waals surface area contributed by atoms with Crippen LogP contribution in [-0.4, -0.2) is 41.4 Å². The Bertz CT molecular complexity index is 1120. The van der Waals surface area contributed by atoms with E-state index in [-0.39, 0.29) is 30.0 Å². The molecule has 2 amide bonds. The van der Waals surface area contributed by atoms with Crippen molar-refractivity contribution in [3.63, 3.8) is 0 Å². The molecule has 0 aliphatic carbocycles. The van der Waals surface area contributed by atoms with Crippen molar-refractivity contribution in [2.45, 2.75) is 25.8 Å². The summed E-state index contributed by atoms with van der Waals surface area (Å²) in [6.45, 7) is 1.62. The first kappa shape index (κ1) is 24.2. The first-order valence-electron chi connectivity index (χ1n) is 11.7. The largest absolute Gasteiger partial charge is 0.493 e. The zero-order chi connectivity index (χ0) is 24.5. The number of amides is 2. The molecule has 0 bridgehead atoms. The fraction of sp³-hybridized carbons (Fsp3) is 0.296. The highest BCUT2D eigenvalue weighted by Gasteiger charge is 2.27. The van der Waals surface area contributed by atoms with Gasteiger partial charge in [-0.1, -0.05) is 24.3 Å². The third kappa shape index (κ3) is 7.02. The smallest absolute Gasteiger partial charge is 0.225 e. The molecule has 35 heavy (non-hydrogen) atoms. The maximum absolute atomic E-state index is 14.4. The lowest BCUT2D eigenvalue weighted by Crippen LogP contribution is -2.43. The summed E-state index contributed by atoms with van der Waals surface area (Å²) in [6, 6.07) is 17.4. The van der Waals surface area contributed by atoms with Crippen LogP contribution in [-0.2, 0) is 16.1 Å². The molecule has 0 spiro atoms. The predicted octanol–water partition coefficient (Wildman–Crippen LogP) is 4.34. The van der Waals surface area contributed by atoms with Gasteiger partial charge in [0.05, 0.1) is 19.2 Å². The lowest BCUT2D eigenvalue weighted by atomic mass is 9.95. The van der Waals surface area contributed by atoms with Gasteiger partial charge in [0.1, 0.15) is 11.5 Å². The Kier molecular flexibility index (Phi) is 8.27. The fourth-order valence-corrected chi connectivity index (χ4v) is 3.93. The summed E-state index contributed by atoms with van der Waals surface area (Å²) in [7, 11) is 0. The molecule has 7 nitrogen and oxygen atoms in total. The minimum absolute atomic E-state index is 0.0313. The van der Waals surface area contributed by atoms with Gasteiger partial charge in [0, 0.05) is 31.7 Å². The van der Waals surface area contributed by atoms with Crippen LogP contribution in [0.15, 0.2) is 73.1 Å². The second-order valence-corrected chi connectivity index (χ2v) is 8.34. The Labute approximate surface area is 203 Å². The molecular weight excluding hydrogens is 449 g/mol. The van der Waals surface area contributed by atoms with Gasteiger partial charge < -0.3 is 19.7 Å². The summed E-state index contributed by atoms with van der Waals surface area (Å²) in [5, 5.41) is 2.88. The highest BCUT2D eigenvalue weighted by Crippen LogP contribution is 2.25. The molecule has 1 aromatic heterocycles. The standard InChI is InChI=1S/C27H28FN3O4/c28-24-17-20(8-9-25(24)35-23-7-4-13-29-19-23)18-30-27(33)21-10-14-31(15-11-21)26(32)12-16-34-22-5-2-1-3-6-22/h1-9,13,17,19,21H,10-12,14-16,18H2,(H,30,33). The number of pyridine rings is 1. The van der Waals surface area contributed by atoms with E-state index in [2.05, 4.69) is 10.3 Å². The van der Waals surface area contributed by atoms with Crippen LogP contribution in [0.25, 0.3) is 0 Å². The lowest BCUT2D eigenvalue weighted by molar-refractivity contribution is -0.136. The first-order chi connectivity index (χ1) is 17.1. The van der Waals surface area contributed by atoms with E-state index in [9.17, 15) is 14.0 Å². The van der Waals surface area contributed by atoms with E-state index < -0.39 is 5.82 Å².